The molecule has 12 heteroatoms. The zero-order valence-corrected chi connectivity index (χ0v) is 22.2. The summed E-state index contributed by atoms with van der Waals surface area (Å²) in [4.78, 5) is 44.4. The number of halogens is 2. The van der Waals surface area contributed by atoms with Crippen LogP contribution in [0.4, 0.5) is 20.3 Å². The van der Waals surface area contributed by atoms with Gasteiger partial charge in [0.2, 0.25) is 0 Å². The van der Waals surface area contributed by atoms with Crippen molar-refractivity contribution >= 4 is 17.4 Å². The molecule has 10 nitrogen and oxygen atoms in total. The summed E-state index contributed by atoms with van der Waals surface area (Å²) in [5.41, 5.74) is 4.30. The number of pyridine rings is 1. The summed E-state index contributed by atoms with van der Waals surface area (Å²) >= 11 is 0. The smallest absolute Gasteiger partial charge is 0.333 e. The lowest BCUT2D eigenvalue weighted by Crippen LogP contribution is -2.38. The molecule has 0 bridgehead atoms. The number of nitrogen functional groups attached to an aromatic ring is 1. The Morgan fingerprint density at radius 2 is 1.86 bits per heavy atom. The number of aromatic nitrogens is 3. The first-order valence-corrected chi connectivity index (χ1v) is 13.1. The fraction of sp³-hybridized carbons (Fsp3) is 0.200. The average molecular weight is 573 g/mol. The van der Waals surface area contributed by atoms with Gasteiger partial charge in [-0.15, -0.1) is 0 Å². The van der Waals surface area contributed by atoms with Gasteiger partial charge in [0.05, 0.1) is 5.69 Å². The molecule has 214 valence electrons. The number of nitrogens with two attached hydrogens (primary N) is 1. The number of piperidine rings is 1. The highest BCUT2D eigenvalue weighted by molar-refractivity contribution is 6.03. The Morgan fingerprint density at radius 3 is 2.60 bits per heavy atom. The summed E-state index contributed by atoms with van der Waals surface area (Å²) in [5.74, 6) is 4.62. The number of benzene rings is 2. The Balaban J connectivity index is 1.33. The molecule has 4 aromatic rings. The molecule has 0 saturated carbocycles. The third kappa shape index (κ3) is 6.37. The van der Waals surface area contributed by atoms with Gasteiger partial charge in [-0.1, -0.05) is 11.8 Å². The highest BCUT2D eigenvalue weighted by atomic mass is 19.1. The van der Waals surface area contributed by atoms with Crippen molar-refractivity contribution in [1.82, 2.24) is 19.9 Å². The van der Waals surface area contributed by atoms with E-state index in [0.29, 0.717) is 22.5 Å². The maximum absolute atomic E-state index is 15.1. The largest absolute Gasteiger partial charge is 0.453 e. The van der Waals surface area contributed by atoms with E-state index < -0.39 is 34.4 Å². The van der Waals surface area contributed by atoms with Crippen LogP contribution < -0.4 is 32.4 Å². The minimum atomic E-state index is -0.938. The molecule has 0 aliphatic carbocycles. The number of amides is 1. The van der Waals surface area contributed by atoms with Crippen LogP contribution in [0.15, 0.2) is 70.5 Å². The molecule has 42 heavy (non-hydrogen) atoms. The number of H-pyrrole nitrogens is 1. The molecule has 1 saturated heterocycles. The fourth-order valence-corrected chi connectivity index (χ4v) is 4.48. The molecule has 1 aliphatic heterocycles. The predicted octanol–water partition coefficient (Wildman–Crippen LogP) is 3.57. The van der Waals surface area contributed by atoms with Gasteiger partial charge in [-0.3, -0.25) is 9.59 Å². The Morgan fingerprint density at radius 1 is 1.10 bits per heavy atom. The Labute approximate surface area is 238 Å². The van der Waals surface area contributed by atoms with Crippen LogP contribution in [0.2, 0.25) is 0 Å². The minimum Gasteiger partial charge on any atom is -0.453 e. The van der Waals surface area contributed by atoms with Crippen LogP contribution in [-0.2, 0) is 0 Å². The summed E-state index contributed by atoms with van der Waals surface area (Å²) < 4.78 is 34.8. The fourth-order valence-electron chi connectivity index (χ4n) is 4.48. The van der Waals surface area contributed by atoms with Gasteiger partial charge in [0.25, 0.3) is 11.5 Å². The Hall–Kier alpha value is -5.28. The first kappa shape index (κ1) is 28.3. The quantitative estimate of drug-likeness (QED) is 0.259. The van der Waals surface area contributed by atoms with Gasteiger partial charge in [-0.05, 0) is 68.2 Å². The first-order valence-electron chi connectivity index (χ1n) is 13.1. The topological polar surface area (TPSA) is 144 Å². The van der Waals surface area contributed by atoms with Crippen molar-refractivity contribution in [2.75, 3.05) is 24.1 Å². The van der Waals surface area contributed by atoms with Crippen molar-refractivity contribution < 1.29 is 18.3 Å². The lowest BCUT2D eigenvalue weighted by atomic mass is 9.95. The molecule has 3 heterocycles. The van der Waals surface area contributed by atoms with E-state index in [-0.39, 0.29) is 28.7 Å². The number of rotatable bonds is 6. The number of hydrogen-bond acceptors (Lipinski definition) is 7. The summed E-state index contributed by atoms with van der Waals surface area (Å²) in [6, 6.07) is 9.84. The second-order valence-electron chi connectivity index (χ2n) is 9.59. The number of carbonyl (C=O) groups is 1. The molecule has 1 aliphatic rings. The molecule has 5 N–H and O–H groups in total. The van der Waals surface area contributed by atoms with Crippen LogP contribution in [0.25, 0.3) is 5.69 Å². The minimum absolute atomic E-state index is 0.0278. The van der Waals surface area contributed by atoms with Crippen molar-refractivity contribution in [2.45, 2.75) is 19.3 Å². The first-order chi connectivity index (χ1) is 20.3. The molecule has 0 spiro atoms. The lowest BCUT2D eigenvalue weighted by molar-refractivity contribution is 0.102. The van der Waals surface area contributed by atoms with Crippen LogP contribution in [0.1, 0.15) is 35.2 Å². The van der Waals surface area contributed by atoms with E-state index in [0.717, 1.165) is 50.3 Å². The van der Waals surface area contributed by atoms with Gasteiger partial charge in [0.1, 0.15) is 28.5 Å². The van der Waals surface area contributed by atoms with E-state index in [9.17, 15) is 18.8 Å². The summed E-state index contributed by atoms with van der Waals surface area (Å²) in [6.07, 6.45) is 5.17. The molecule has 2 aromatic heterocycles. The molecule has 0 atom stereocenters. The molecule has 0 radical (unpaired) electrons. The monoisotopic (exact) mass is 572 g/mol. The van der Waals surface area contributed by atoms with Gasteiger partial charge in [0, 0.05) is 36.6 Å². The molecule has 0 unspecified atom stereocenters. The highest BCUT2D eigenvalue weighted by Gasteiger charge is 2.18. The zero-order valence-electron chi connectivity index (χ0n) is 22.2. The van der Waals surface area contributed by atoms with Crippen LogP contribution in [0, 0.1) is 29.4 Å². The molecule has 5 rings (SSSR count). The van der Waals surface area contributed by atoms with Crippen LogP contribution in [0.3, 0.4) is 0 Å². The second-order valence-corrected chi connectivity index (χ2v) is 9.59. The SMILES string of the molecule is Nc1nccc(Oc2ccc(NC(=O)c3c[nH]c(=O)n(-c4ccc(F)cc4)c3=O)cc2F)c1C#CCC1CCNCC1. The normalized spacial score (nSPS) is 13.2. The summed E-state index contributed by atoms with van der Waals surface area (Å²) in [5, 5.41) is 5.75. The molecular weight excluding hydrogens is 546 g/mol. The third-order valence-corrected chi connectivity index (χ3v) is 6.72. The van der Waals surface area contributed by atoms with Crippen molar-refractivity contribution in [2.24, 2.45) is 5.92 Å². The Kier molecular flexibility index (Phi) is 8.40. The lowest BCUT2D eigenvalue weighted by Gasteiger charge is -2.20. The number of aromatic amines is 1. The van der Waals surface area contributed by atoms with Gasteiger partial charge < -0.3 is 26.1 Å². The van der Waals surface area contributed by atoms with E-state index in [1.165, 1.54) is 36.5 Å². The van der Waals surface area contributed by atoms with E-state index >= 15 is 4.39 Å². The van der Waals surface area contributed by atoms with Crippen molar-refractivity contribution in [3.05, 3.63) is 105 Å². The van der Waals surface area contributed by atoms with Gasteiger partial charge in [-0.2, -0.15) is 0 Å². The molecule has 2 aromatic carbocycles. The maximum atomic E-state index is 15.1. The van der Waals surface area contributed by atoms with Gasteiger partial charge in [-0.25, -0.2) is 23.1 Å². The zero-order chi connectivity index (χ0) is 29.6. The molecule has 1 amide bonds. The number of nitrogens with one attached hydrogen (secondary N) is 3. The van der Waals surface area contributed by atoms with E-state index in [4.69, 9.17) is 10.5 Å². The number of anilines is 2. The van der Waals surface area contributed by atoms with E-state index in [1.54, 1.807) is 0 Å². The van der Waals surface area contributed by atoms with E-state index in [2.05, 4.69) is 32.4 Å². The van der Waals surface area contributed by atoms with Crippen molar-refractivity contribution in [1.29, 1.82) is 0 Å². The number of nitrogens with zero attached hydrogens (tertiary/aromatic N) is 2. The van der Waals surface area contributed by atoms with Gasteiger partial charge >= 0.3 is 5.69 Å². The summed E-state index contributed by atoms with van der Waals surface area (Å²) in [6.45, 7) is 1.93. The van der Waals surface area contributed by atoms with Crippen LogP contribution in [-0.4, -0.2) is 33.5 Å². The van der Waals surface area contributed by atoms with Crippen molar-refractivity contribution in [3.8, 4) is 29.0 Å². The number of hydrogen-bond donors (Lipinski definition) is 4. The predicted molar refractivity (Wildman–Crippen MR) is 153 cm³/mol. The number of ether oxygens (including phenoxy) is 1. The summed E-state index contributed by atoms with van der Waals surface area (Å²) in [7, 11) is 0. The standard InChI is InChI=1S/C30H26F2N6O4/c31-19-4-7-21(8-5-19)38-29(40)23(17-36-30(38)41)28(39)37-20-6-9-26(24(32)16-20)42-25-12-15-35-27(33)22(25)3-1-2-18-10-13-34-14-11-18/h4-9,12,15-18,34H,2,10-11,13-14H2,(H2,33,35)(H,36,41)(H,37,39). The third-order valence-electron chi connectivity index (χ3n) is 6.72. The Bertz CT molecular complexity index is 1800. The molecule has 1 fully saturated rings. The number of carbonyl (C=O) groups excluding carboxylic acids is 1. The van der Waals surface area contributed by atoms with E-state index in [1.807, 2.05) is 0 Å². The van der Waals surface area contributed by atoms with Crippen molar-refractivity contribution in [3.63, 3.8) is 0 Å². The van der Waals surface area contributed by atoms with Gasteiger partial charge in [0.15, 0.2) is 11.6 Å². The second kappa shape index (κ2) is 12.5. The van der Waals surface area contributed by atoms with Crippen LogP contribution in [0.5, 0.6) is 11.5 Å². The van der Waals surface area contributed by atoms with Crippen LogP contribution >= 0.6 is 0 Å². The maximum Gasteiger partial charge on any atom is 0.333 e. The molecular formula is C30H26F2N6O4. The average Bonchev–Trinajstić information content (AvgIpc) is 2.97. The highest BCUT2D eigenvalue weighted by Crippen LogP contribution is 2.30.